The van der Waals surface area contributed by atoms with Gasteiger partial charge in [0.15, 0.2) is 0 Å². The Morgan fingerprint density at radius 1 is 1.40 bits per heavy atom. The van der Waals surface area contributed by atoms with E-state index in [4.69, 9.17) is 5.73 Å². The highest BCUT2D eigenvalue weighted by Gasteiger charge is 2.11. The Bertz CT molecular complexity index is 591. The monoisotopic (exact) mass is 273 g/mol. The van der Waals surface area contributed by atoms with Gasteiger partial charge in [-0.05, 0) is 19.9 Å². The van der Waals surface area contributed by atoms with Gasteiger partial charge in [-0.3, -0.25) is 4.79 Å². The fourth-order valence-corrected chi connectivity index (χ4v) is 1.81. The number of hydrogen-bond acceptors (Lipinski definition) is 4. The number of aromatic nitrogens is 3. The van der Waals surface area contributed by atoms with E-state index < -0.39 is 0 Å². The van der Waals surface area contributed by atoms with Crippen LogP contribution in [0, 0.1) is 0 Å². The second-order valence-corrected chi connectivity index (χ2v) is 4.81. The molecule has 0 atom stereocenters. The summed E-state index contributed by atoms with van der Waals surface area (Å²) in [5.74, 6) is -0.101. The fraction of sp³-hybridized carbons (Fsp3) is 0.357. The van der Waals surface area contributed by atoms with Gasteiger partial charge < -0.3 is 11.1 Å². The quantitative estimate of drug-likeness (QED) is 0.870. The molecule has 1 amide bonds. The molecule has 106 valence electrons. The Morgan fingerprint density at radius 3 is 2.80 bits per heavy atom. The van der Waals surface area contributed by atoms with Crippen molar-refractivity contribution in [1.82, 2.24) is 15.0 Å². The Labute approximate surface area is 118 Å². The van der Waals surface area contributed by atoms with Crippen LogP contribution in [-0.2, 0) is 4.79 Å². The van der Waals surface area contributed by atoms with Crippen LogP contribution in [-0.4, -0.2) is 27.4 Å². The summed E-state index contributed by atoms with van der Waals surface area (Å²) in [5.41, 5.74) is 7.70. The highest BCUT2D eigenvalue weighted by Crippen LogP contribution is 2.26. The molecular formula is C14H19N5O. The van der Waals surface area contributed by atoms with Gasteiger partial charge in [-0.2, -0.15) is 0 Å². The van der Waals surface area contributed by atoms with Crippen LogP contribution in [0.25, 0.3) is 11.3 Å². The minimum Gasteiger partial charge on any atom is -0.330 e. The third-order valence-corrected chi connectivity index (χ3v) is 2.89. The van der Waals surface area contributed by atoms with Gasteiger partial charge in [0.25, 0.3) is 0 Å². The van der Waals surface area contributed by atoms with Crippen molar-refractivity contribution < 1.29 is 4.79 Å². The molecule has 0 aliphatic rings. The molecule has 2 rings (SSSR count). The lowest BCUT2D eigenvalue weighted by Crippen LogP contribution is -2.16. The molecular weight excluding hydrogens is 254 g/mol. The van der Waals surface area contributed by atoms with E-state index in [0.29, 0.717) is 13.0 Å². The van der Waals surface area contributed by atoms with Crippen LogP contribution >= 0.6 is 0 Å². The van der Waals surface area contributed by atoms with Crippen LogP contribution in [0.2, 0.25) is 0 Å². The molecule has 0 bridgehead atoms. The van der Waals surface area contributed by atoms with Crippen LogP contribution in [0.4, 0.5) is 5.69 Å². The van der Waals surface area contributed by atoms with Crippen molar-refractivity contribution >= 4 is 11.6 Å². The number of carbonyl (C=O) groups is 1. The van der Waals surface area contributed by atoms with Crippen molar-refractivity contribution in [2.75, 3.05) is 11.9 Å². The first-order valence-corrected chi connectivity index (χ1v) is 6.63. The third-order valence-electron chi connectivity index (χ3n) is 2.89. The maximum absolute atomic E-state index is 11.7. The normalized spacial score (nSPS) is 10.8. The maximum Gasteiger partial charge on any atom is 0.225 e. The molecule has 0 aliphatic carbocycles. The zero-order valence-corrected chi connectivity index (χ0v) is 11.7. The van der Waals surface area contributed by atoms with Gasteiger partial charge in [-0.15, -0.1) is 5.10 Å². The highest BCUT2D eigenvalue weighted by molar-refractivity contribution is 5.95. The lowest BCUT2D eigenvalue weighted by molar-refractivity contribution is -0.116. The molecule has 0 spiro atoms. The third kappa shape index (κ3) is 3.21. The van der Waals surface area contributed by atoms with E-state index in [-0.39, 0.29) is 11.9 Å². The molecule has 6 nitrogen and oxygen atoms in total. The van der Waals surface area contributed by atoms with Crippen LogP contribution in [0.3, 0.4) is 0 Å². The van der Waals surface area contributed by atoms with Crippen molar-refractivity contribution in [3.8, 4) is 11.3 Å². The molecule has 20 heavy (non-hydrogen) atoms. The summed E-state index contributed by atoms with van der Waals surface area (Å²) in [6.07, 6.45) is 2.17. The lowest BCUT2D eigenvalue weighted by atomic mass is 10.1. The number of anilines is 1. The summed E-state index contributed by atoms with van der Waals surface area (Å²) >= 11 is 0. The first kappa shape index (κ1) is 14.2. The predicted molar refractivity (Wildman–Crippen MR) is 78.1 cm³/mol. The average Bonchev–Trinajstić information content (AvgIpc) is 2.89. The average molecular weight is 273 g/mol. The summed E-state index contributed by atoms with van der Waals surface area (Å²) in [5, 5.41) is 11.1. The second-order valence-electron chi connectivity index (χ2n) is 4.81. The minimum absolute atomic E-state index is 0.101. The van der Waals surface area contributed by atoms with Gasteiger partial charge in [0, 0.05) is 24.6 Å². The summed E-state index contributed by atoms with van der Waals surface area (Å²) in [4.78, 5) is 11.7. The molecule has 0 radical (unpaired) electrons. The summed E-state index contributed by atoms with van der Waals surface area (Å²) in [6.45, 7) is 4.40. The van der Waals surface area contributed by atoms with E-state index in [1.807, 2.05) is 44.3 Å². The number of para-hydroxylation sites is 1. The lowest BCUT2D eigenvalue weighted by Gasteiger charge is -2.08. The molecule has 0 saturated heterocycles. The molecule has 3 N–H and O–H groups in total. The maximum atomic E-state index is 11.7. The molecule has 1 heterocycles. The Hall–Kier alpha value is -2.21. The number of amides is 1. The molecule has 2 aromatic rings. The van der Waals surface area contributed by atoms with Crippen molar-refractivity contribution in [2.45, 2.75) is 26.3 Å². The smallest absolute Gasteiger partial charge is 0.225 e. The highest BCUT2D eigenvalue weighted by atomic mass is 16.1. The van der Waals surface area contributed by atoms with E-state index in [1.165, 1.54) is 0 Å². The number of nitrogens with two attached hydrogens (primary N) is 1. The number of rotatable bonds is 5. The molecule has 6 heteroatoms. The molecule has 0 fully saturated rings. The largest absolute Gasteiger partial charge is 0.330 e. The van der Waals surface area contributed by atoms with E-state index >= 15 is 0 Å². The van der Waals surface area contributed by atoms with Crippen molar-refractivity contribution in [1.29, 1.82) is 0 Å². The van der Waals surface area contributed by atoms with Gasteiger partial charge in [-0.25, -0.2) is 4.68 Å². The van der Waals surface area contributed by atoms with Crippen LogP contribution < -0.4 is 11.1 Å². The number of hydrogen-bond donors (Lipinski definition) is 2. The molecule has 1 aromatic carbocycles. The minimum atomic E-state index is -0.101. The predicted octanol–water partition coefficient (Wildman–Crippen LogP) is 1.81. The number of carbonyl (C=O) groups excluding carboxylic acids is 1. The van der Waals surface area contributed by atoms with E-state index in [2.05, 4.69) is 15.6 Å². The topological polar surface area (TPSA) is 85.8 Å². The van der Waals surface area contributed by atoms with Gasteiger partial charge >= 0.3 is 0 Å². The van der Waals surface area contributed by atoms with Gasteiger partial charge in [0.2, 0.25) is 5.91 Å². The molecule has 1 aromatic heterocycles. The van der Waals surface area contributed by atoms with Gasteiger partial charge in [-0.1, -0.05) is 23.4 Å². The summed E-state index contributed by atoms with van der Waals surface area (Å²) in [6, 6.07) is 7.77. The van der Waals surface area contributed by atoms with E-state index in [1.54, 1.807) is 4.68 Å². The van der Waals surface area contributed by atoms with Crippen LogP contribution in [0.1, 0.15) is 26.3 Å². The van der Waals surface area contributed by atoms with Gasteiger partial charge in [0.1, 0.15) is 5.69 Å². The molecule has 0 aliphatic heterocycles. The fourth-order valence-electron chi connectivity index (χ4n) is 1.81. The summed E-state index contributed by atoms with van der Waals surface area (Å²) < 4.78 is 1.79. The molecule has 0 unspecified atom stereocenters. The second kappa shape index (κ2) is 6.29. The SMILES string of the molecule is CC(C)n1cc(-c2ccccc2NC(=O)CCN)nn1. The Balaban J connectivity index is 2.29. The van der Waals surface area contributed by atoms with Crippen LogP contribution in [0.5, 0.6) is 0 Å². The zero-order chi connectivity index (χ0) is 14.5. The first-order valence-electron chi connectivity index (χ1n) is 6.63. The van der Waals surface area contributed by atoms with Crippen molar-refractivity contribution in [2.24, 2.45) is 5.73 Å². The number of nitrogens with one attached hydrogen (secondary N) is 1. The van der Waals surface area contributed by atoms with Crippen molar-refractivity contribution in [3.63, 3.8) is 0 Å². The van der Waals surface area contributed by atoms with E-state index in [9.17, 15) is 4.79 Å². The first-order chi connectivity index (χ1) is 9.61. The standard InChI is InChI=1S/C14H19N5O/c1-10(2)19-9-13(17-18-19)11-5-3-4-6-12(11)16-14(20)7-8-15/h3-6,9-10H,7-8,15H2,1-2H3,(H,16,20). The Morgan fingerprint density at radius 2 is 2.15 bits per heavy atom. The summed E-state index contributed by atoms with van der Waals surface area (Å²) in [7, 11) is 0. The zero-order valence-electron chi connectivity index (χ0n) is 11.7. The van der Waals surface area contributed by atoms with E-state index in [0.717, 1.165) is 16.9 Å². The molecule has 0 saturated carbocycles. The number of nitrogens with zero attached hydrogens (tertiary/aromatic N) is 3. The Kier molecular flexibility index (Phi) is 4.47. The van der Waals surface area contributed by atoms with Crippen LogP contribution in [0.15, 0.2) is 30.5 Å². The van der Waals surface area contributed by atoms with Gasteiger partial charge in [0.05, 0.1) is 11.9 Å². The van der Waals surface area contributed by atoms with Crippen molar-refractivity contribution in [3.05, 3.63) is 30.5 Å². The number of benzene rings is 1.